The first-order chi connectivity index (χ1) is 6.16. The number of phenolic OH excluding ortho intramolecular Hbond substituents is 2. The Morgan fingerprint density at radius 3 is 2.46 bits per heavy atom. The molecule has 0 atom stereocenters. The summed E-state index contributed by atoms with van der Waals surface area (Å²) < 4.78 is 2.01. The molecular weight excluding hydrogens is 234 g/mol. The predicted molar refractivity (Wildman–Crippen MR) is 52.8 cm³/mol. The van der Waals surface area contributed by atoms with Gasteiger partial charge in [-0.3, -0.25) is 0 Å². The van der Waals surface area contributed by atoms with Gasteiger partial charge >= 0.3 is 0 Å². The molecule has 1 aliphatic heterocycles. The smallest absolute Gasteiger partial charge is 0.157 e. The molecule has 0 saturated heterocycles. The van der Waals surface area contributed by atoms with Crippen LogP contribution in [0.25, 0.3) is 0 Å². The molecular formula is C9H10BrNO2. The molecule has 1 aliphatic rings. The summed E-state index contributed by atoms with van der Waals surface area (Å²) in [5, 5.41) is 18.5. The van der Waals surface area contributed by atoms with Gasteiger partial charge in [0.1, 0.15) is 0 Å². The number of aromatic hydroxyl groups is 2. The third kappa shape index (κ3) is 1.64. The van der Waals surface area contributed by atoms with E-state index in [1.165, 1.54) is 0 Å². The molecule has 1 heterocycles. The van der Waals surface area contributed by atoms with Crippen LogP contribution in [0.4, 0.5) is 0 Å². The SMILES string of the molecule is Oc1cc2c(cc1O)CN(Br)CC2. The minimum Gasteiger partial charge on any atom is -0.504 e. The molecule has 0 aliphatic carbocycles. The van der Waals surface area contributed by atoms with E-state index in [4.69, 9.17) is 0 Å². The van der Waals surface area contributed by atoms with Crippen molar-refractivity contribution in [3.8, 4) is 11.5 Å². The molecule has 1 aromatic carbocycles. The highest BCUT2D eigenvalue weighted by molar-refractivity contribution is 9.07. The zero-order valence-corrected chi connectivity index (χ0v) is 8.58. The second kappa shape index (κ2) is 3.20. The summed E-state index contributed by atoms with van der Waals surface area (Å²) in [4.78, 5) is 0. The first-order valence-corrected chi connectivity index (χ1v) is 4.82. The molecule has 0 saturated carbocycles. The van der Waals surface area contributed by atoms with Gasteiger partial charge in [-0.2, -0.15) is 0 Å². The van der Waals surface area contributed by atoms with E-state index in [0.29, 0.717) is 0 Å². The molecule has 0 radical (unpaired) electrons. The van der Waals surface area contributed by atoms with Crippen molar-refractivity contribution in [3.63, 3.8) is 0 Å². The molecule has 0 fully saturated rings. The number of benzene rings is 1. The van der Waals surface area contributed by atoms with E-state index >= 15 is 0 Å². The van der Waals surface area contributed by atoms with E-state index in [2.05, 4.69) is 16.1 Å². The molecule has 0 aromatic heterocycles. The van der Waals surface area contributed by atoms with Gasteiger partial charge in [-0.05, 0) is 29.7 Å². The number of phenols is 2. The van der Waals surface area contributed by atoms with Crippen LogP contribution in [0.15, 0.2) is 12.1 Å². The van der Waals surface area contributed by atoms with E-state index in [-0.39, 0.29) is 11.5 Å². The zero-order valence-electron chi connectivity index (χ0n) is 7.00. The van der Waals surface area contributed by atoms with Crippen LogP contribution in [0.5, 0.6) is 11.5 Å². The topological polar surface area (TPSA) is 43.7 Å². The Kier molecular flexibility index (Phi) is 2.17. The minimum absolute atomic E-state index is 0.0261. The van der Waals surface area contributed by atoms with Gasteiger partial charge in [0.15, 0.2) is 11.5 Å². The summed E-state index contributed by atoms with van der Waals surface area (Å²) >= 11 is 3.39. The Bertz CT molecular complexity index is 341. The van der Waals surface area contributed by atoms with Crippen molar-refractivity contribution in [1.29, 1.82) is 0 Å². The molecule has 3 nitrogen and oxygen atoms in total. The van der Waals surface area contributed by atoms with Gasteiger partial charge < -0.3 is 10.2 Å². The number of fused-ring (bicyclic) bond motifs is 1. The third-order valence-electron chi connectivity index (χ3n) is 2.26. The fourth-order valence-electron chi connectivity index (χ4n) is 1.55. The summed E-state index contributed by atoms with van der Waals surface area (Å²) in [6.07, 6.45) is 0.897. The normalized spacial score (nSPS) is 17.0. The number of hydrogen-bond donors (Lipinski definition) is 2. The van der Waals surface area contributed by atoms with Gasteiger partial charge in [0.05, 0.1) is 0 Å². The number of rotatable bonds is 0. The lowest BCUT2D eigenvalue weighted by atomic mass is 10.0. The summed E-state index contributed by atoms with van der Waals surface area (Å²) in [5.74, 6) is -0.0664. The fourth-order valence-corrected chi connectivity index (χ4v) is 2.00. The molecule has 4 heteroatoms. The van der Waals surface area contributed by atoms with E-state index in [1.807, 2.05) is 3.93 Å². The average molecular weight is 244 g/mol. The maximum atomic E-state index is 9.28. The Morgan fingerprint density at radius 2 is 1.77 bits per heavy atom. The van der Waals surface area contributed by atoms with Crippen LogP contribution < -0.4 is 0 Å². The molecule has 13 heavy (non-hydrogen) atoms. The molecule has 0 spiro atoms. The van der Waals surface area contributed by atoms with Crippen LogP contribution in [-0.4, -0.2) is 20.7 Å². The Morgan fingerprint density at radius 1 is 1.15 bits per heavy atom. The van der Waals surface area contributed by atoms with Gasteiger partial charge in [-0.25, -0.2) is 3.93 Å². The molecule has 70 valence electrons. The number of nitrogens with zero attached hydrogens (tertiary/aromatic N) is 1. The van der Waals surface area contributed by atoms with Crippen LogP contribution >= 0.6 is 16.1 Å². The van der Waals surface area contributed by atoms with Crippen LogP contribution in [0.3, 0.4) is 0 Å². The Hall–Kier alpha value is -0.740. The summed E-state index contributed by atoms with van der Waals surface area (Å²) in [6.45, 7) is 1.69. The van der Waals surface area contributed by atoms with Crippen molar-refractivity contribution in [1.82, 2.24) is 3.93 Å². The lowest BCUT2D eigenvalue weighted by molar-refractivity contribution is 0.396. The number of hydrogen-bond acceptors (Lipinski definition) is 3. The van der Waals surface area contributed by atoms with Gasteiger partial charge in [0.25, 0.3) is 0 Å². The summed E-state index contributed by atoms with van der Waals surface area (Å²) in [5.41, 5.74) is 2.18. The van der Waals surface area contributed by atoms with Crippen molar-refractivity contribution >= 4 is 16.1 Å². The third-order valence-corrected chi connectivity index (χ3v) is 2.87. The van der Waals surface area contributed by atoms with Gasteiger partial charge in [-0.1, -0.05) is 0 Å². The number of halogens is 1. The molecule has 0 bridgehead atoms. The highest BCUT2D eigenvalue weighted by Gasteiger charge is 2.16. The van der Waals surface area contributed by atoms with Crippen molar-refractivity contribution in [2.45, 2.75) is 13.0 Å². The van der Waals surface area contributed by atoms with Crippen LogP contribution in [-0.2, 0) is 13.0 Å². The van der Waals surface area contributed by atoms with Crippen LogP contribution in [0, 0.1) is 0 Å². The summed E-state index contributed by atoms with van der Waals surface area (Å²) in [6, 6.07) is 3.27. The van der Waals surface area contributed by atoms with Crippen LogP contribution in [0.1, 0.15) is 11.1 Å². The average Bonchev–Trinajstić information content (AvgIpc) is 2.08. The second-order valence-electron chi connectivity index (χ2n) is 3.20. The molecule has 0 amide bonds. The van der Waals surface area contributed by atoms with Crippen molar-refractivity contribution in [3.05, 3.63) is 23.3 Å². The largest absolute Gasteiger partial charge is 0.504 e. The second-order valence-corrected chi connectivity index (χ2v) is 4.21. The zero-order chi connectivity index (χ0) is 9.42. The molecule has 2 N–H and O–H groups in total. The van der Waals surface area contributed by atoms with E-state index in [1.54, 1.807) is 12.1 Å². The Labute approximate surface area is 84.9 Å². The first kappa shape index (κ1) is 8.84. The fraction of sp³-hybridized carbons (Fsp3) is 0.333. The van der Waals surface area contributed by atoms with Gasteiger partial charge in [-0.15, -0.1) is 0 Å². The van der Waals surface area contributed by atoms with Crippen molar-refractivity contribution < 1.29 is 10.2 Å². The highest BCUT2D eigenvalue weighted by atomic mass is 79.9. The van der Waals surface area contributed by atoms with Gasteiger partial charge in [0.2, 0.25) is 0 Å². The van der Waals surface area contributed by atoms with Crippen molar-refractivity contribution in [2.75, 3.05) is 6.54 Å². The summed E-state index contributed by atoms with van der Waals surface area (Å²) in [7, 11) is 0. The predicted octanol–water partition coefficient (Wildman–Crippen LogP) is 1.77. The van der Waals surface area contributed by atoms with Crippen molar-refractivity contribution in [2.24, 2.45) is 0 Å². The Balaban J connectivity index is 2.43. The maximum Gasteiger partial charge on any atom is 0.157 e. The first-order valence-electron chi connectivity index (χ1n) is 4.11. The van der Waals surface area contributed by atoms with E-state index in [0.717, 1.165) is 30.6 Å². The van der Waals surface area contributed by atoms with Gasteiger partial charge in [0, 0.05) is 29.2 Å². The highest BCUT2D eigenvalue weighted by Crippen LogP contribution is 2.31. The monoisotopic (exact) mass is 243 g/mol. The lowest BCUT2D eigenvalue weighted by Gasteiger charge is -2.23. The quantitative estimate of drug-likeness (QED) is 0.540. The minimum atomic E-state index is -0.0402. The molecule has 0 unspecified atom stereocenters. The standard InChI is InChI=1S/C9H10BrNO2/c10-11-2-1-6-3-8(12)9(13)4-7(6)5-11/h3-4,12-13H,1-2,5H2. The maximum absolute atomic E-state index is 9.28. The molecule has 1 aromatic rings. The van der Waals surface area contributed by atoms with E-state index < -0.39 is 0 Å². The molecule has 2 rings (SSSR count). The lowest BCUT2D eigenvalue weighted by Crippen LogP contribution is -2.21. The van der Waals surface area contributed by atoms with Crippen LogP contribution in [0.2, 0.25) is 0 Å². The van der Waals surface area contributed by atoms with E-state index in [9.17, 15) is 10.2 Å².